The van der Waals surface area contributed by atoms with Crippen LogP contribution in [0.2, 0.25) is 10.0 Å². The van der Waals surface area contributed by atoms with Crippen LogP contribution in [0.3, 0.4) is 0 Å². The Kier molecular flexibility index (Phi) is 5.17. The van der Waals surface area contributed by atoms with E-state index in [0.29, 0.717) is 26.3 Å². The SMILES string of the molecule is O=C(/C=C/c1ccc(Cl)cc1Cl)OCc1cc(=O)n2c(n1)sc1ccccc12. The molecule has 0 N–H and O–H groups in total. The van der Waals surface area contributed by atoms with Crippen molar-refractivity contribution < 1.29 is 9.53 Å². The van der Waals surface area contributed by atoms with E-state index in [2.05, 4.69) is 4.98 Å². The number of hydrogen-bond donors (Lipinski definition) is 0. The fraction of sp³-hybridized carbons (Fsp3) is 0.0500. The van der Waals surface area contributed by atoms with Crippen LogP contribution in [0.15, 0.2) is 59.4 Å². The number of hydrogen-bond acceptors (Lipinski definition) is 5. The molecule has 0 saturated carbocycles. The molecule has 0 atom stereocenters. The van der Waals surface area contributed by atoms with Gasteiger partial charge in [0.15, 0.2) is 4.96 Å². The van der Waals surface area contributed by atoms with E-state index in [0.717, 1.165) is 10.2 Å². The number of ether oxygens (including phenoxy) is 1. The number of fused-ring (bicyclic) bond motifs is 3. The summed E-state index contributed by atoms with van der Waals surface area (Å²) in [5.41, 5.74) is 1.64. The second-order valence-corrected chi connectivity index (χ2v) is 7.73. The number of esters is 1. The first-order chi connectivity index (χ1) is 13.5. The van der Waals surface area contributed by atoms with Gasteiger partial charge < -0.3 is 4.74 Å². The zero-order valence-corrected chi connectivity index (χ0v) is 16.6. The van der Waals surface area contributed by atoms with Crippen molar-refractivity contribution in [1.29, 1.82) is 0 Å². The minimum Gasteiger partial charge on any atom is -0.456 e. The smallest absolute Gasteiger partial charge is 0.331 e. The molecule has 5 nitrogen and oxygen atoms in total. The molecule has 4 aromatic rings. The van der Waals surface area contributed by atoms with Crippen LogP contribution in [0.1, 0.15) is 11.3 Å². The van der Waals surface area contributed by atoms with Gasteiger partial charge in [0.2, 0.25) is 0 Å². The minimum atomic E-state index is -0.565. The van der Waals surface area contributed by atoms with Crippen molar-refractivity contribution in [3.05, 3.63) is 86.3 Å². The van der Waals surface area contributed by atoms with Crippen LogP contribution in [0.5, 0.6) is 0 Å². The van der Waals surface area contributed by atoms with Crippen LogP contribution in [0.25, 0.3) is 21.3 Å². The van der Waals surface area contributed by atoms with Gasteiger partial charge in [0.25, 0.3) is 5.56 Å². The molecule has 4 rings (SSSR count). The fourth-order valence-corrected chi connectivity index (χ4v) is 4.21. The van der Waals surface area contributed by atoms with Crippen LogP contribution in [-0.4, -0.2) is 15.4 Å². The first kappa shape index (κ1) is 18.7. The molecule has 0 saturated heterocycles. The van der Waals surface area contributed by atoms with Crippen LogP contribution < -0.4 is 5.56 Å². The van der Waals surface area contributed by atoms with Crippen molar-refractivity contribution in [2.24, 2.45) is 0 Å². The quantitative estimate of drug-likeness (QED) is 0.338. The van der Waals surface area contributed by atoms with E-state index in [4.69, 9.17) is 27.9 Å². The Bertz CT molecular complexity index is 1290. The van der Waals surface area contributed by atoms with Crippen LogP contribution in [-0.2, 0) is 16.1 Å². The van der Waals surface area contributed by atoms with Gasteiger partial charge in [-0.3, -0.25) is 9.20 Å². The van der Waals surface area contributed by atoms with Gasteiger partial charge in [0.05, 0.1) is 15.9 Å². The van der Waals surface area contributed by atoms with Crippen molar-refractivity contribution in [3.63, 3.8) is 0 Å². The van der Waals surface area contributed by atoms with E-state index < -0.39 is 5.97 Å². The molecule has 2 aromatic carbocycles. The summed E-state index contributed by atoms with van der Waals surface area (Å²) in [7, 11) is 0. The fourth-order valence-electron chi connectivity index (χ4n) is 2.68. The molecule has 140 valence electrons. The molecule has 28 heavy (non-hydrogen) atoms. The van der Waals surface area contributed by atoms with Gasteiger partial charge in [0, 0.05) is 22.2 Å². The maximum absolute atomic E-state index is 12.4. The number of carbonyl (C=O) groups excluding carboxylic acids is 1. The van der Waals surface area contributed by atoms with E-state index in [9.17, 15) is 9.59 Å². The zero-order valence-electron chi connectivity index (χ0n) is 14.3. The van der Waals surface area contributed by atoms with Crippen LogP contribution in [0, 0.1) is 0 Å². The Balaban J connectivity index is 1.50. The second kappa shape index (κ2) is 7.75. The number of halogens is 2. The molecule has 0 bridgehead atoms. The van der Waals surface area contributed by atoms with E-state index in [1.165, 1.54) is 23.5 Å². The Morgan fingerprint density at radius 2 is 2.00 bits per heavy atom. The number of para-hydroxylation sites is 1. The lowest BCUT2D eigenvalue weighted by molar-refractivity contribution is -0.139. The number of carbonyl (C=O) groups is 1. The number of benzene rings is 2. The van der Waals surface area contributed by atoms with Gasteiger partial charge in [0.1, 0.15) is 6.61 Å². The Morgan fingerprint density at radius 3 is 2.82 bits per heavy atom. The summed E-state index contributed by atoms with van der Waals surface area (Å²) in [5, 5.41) is 0.945. The maximum Gasteiger partial charge on any atom is 0.331 e. The highest BCUT2D eigenvalue weighted by Crippen LogP contribution is 2.24. The highest BCUT2D eigenvalue weighted by atomic mass is 35.5. The van der Waals surface area contributed by atoms with E-state index >= 15 is 0 Å². The van der Waals surface area contributed by atoms with E-state index in [1.54, 1.807) is 28.7 Å². The molecule has 0 amide bonds. The number of aromatic nitrogens is 2. The van der Waals surface area contributed by atoms with Crippen molar-refractivity contribution in [2.75, 3.05) is 0 Å². The predicted molar refractivity (Wildman–Crippen MR) is 112 cm³/mol. The Labute approximate surface area is 173 Å². The van der Waals surface area contributed by atoms with E-state index in [1.807, 2.05) is 24.3 Å². The minimum absolute atomic E-state index is 0.0997. The van der Waals surface area contributed by atoms with Crippen molar-refractivity contribution >= 4 is 61.8 Å². The molecule has 0 unspecified atom stereocenters. The molecule has 0 fully saturated rings. The van der Waals surface area contributed by atoms with Gasteiger partial charge >= 0.3 is 5.97 Å². The molecule has 2 aromatic heterocycles. The first-order valence-electron chi connectivity index (χ1n) is 8.21. The third-order valence-corrected chi connectivity index (χ3v) is 5.56. The highest BCUT2D eigenvalue weighted by Gasteiger charge is 2.10. The van der Waals surface area contributed by atoms with Gasteiger partial charge in [-0.15, -0.1) is 0 Å². The van der Waals surface area contributed by atoms with Gasteiger partial charge in [-0.25, -0.2) is 9.78 Å². The Morgan fingerprint density at radius 1 is 1.18 bits per heavy atom. The molecular formula is C20H12Cl2N2O3S. The highest BCUT2D eigenvalue weighted by molar-refractivity contribution is 7.23. The standard InChI is InChI=1S/C20H12Cl2N2O3S/c21-13-7-5-12(15(22)9-13)6-8-19(26)27-11-14-10-18(25)24-16-3-1-2-4-17(16)28-20(24)23-14/h1-10H,11H2/b8-6+. The van der Waals surface area contributed by atoms with Crippen molar-refractivity contribution in [2.45, 2.75) is 6.61 Å². The average Bonchev–Trinajstić information content (AvgIpc) is 3.04. The zero-order chi connectivity index (χ0) is 19.7. The number of rotatable bonds is 4. The van der Waals surface area contributed by atoms with Gasteiger partial charge in [-0.1, -0.05) is 52.7 Å². The third kappa shape index (κ3) is 3.80. The monoisotopic (exact) mass is 430 g/mol. The molecule has 0 aliphatic rings. The number of nitrogens with zero attached hydrogens (tertiary/aromatic N) is 2. The number of thiazole rings is 1. The molecule has 0 spiro atoms. The van der Waals surface area contributed by atoms with Gasteiger partial charge in [-0.05, 0) is 35.9 Å². The first-order valence-corrected chi connectivity index (χ1v) is 9.78. The van der Waals surface area contributed by atoms with Crippen LogP contribution in [0.4, 0.5) is 0 Å². The summed E-state index contributed by atoms with van der Waals surface area (Å²) in [5.74, 6) is -0.565. The summed E-state index contributed by atoms with van der Waals surface area (Å²) in [6, 6.07) is 13.9. The lowest BCUT2D eigenvalue weighted by atomic mass is 10.2. The summed E-state index contributed by atoms with van der Waals surface area (Å²) < 4.78 is 7.70. The summed E-state index contributed by atoms with van der Waals surface area (Å²) in [4.78, 5) is 29.4. The molecule has 0 aliphatic heterocycles. The van der Waals surface area contributed by atoms with Gasteiger partial charge in [-0.2, -0.15) is 0 Å². The predicted octanol–water partition coefficient (Wildman–Crippen LogP) is 4.97. The third-order valence-electron chi connectivity index (χ3n) is 3.97. The topological polar surface area (TPSA) is 60.7 Å². The van der Waals surface area contributed by atoms with Crippen molar-refractivity contribution in [1.82, 2.24) is 9.38 Å². The summed E-state index contributed by atoms with van der Waals surface area (Å²) in [6.07, 6.45) is 2.80. The lowest BCUT2D eigenvalue weighted by Crippen LogP contribution is -2.14. The van der Waals surface area contributed by atoms with Crippen LogP contribution >= 0.6 is 34.5 Å². The molecule has 8 heteroatoms. The lowest BCUT2D eigenvalue weighted by Gasteiger charge is -2.03. The normalized spacial score (nSPS) is 11.5. The summed E-state index contributed by atoms with van der Waals surface area (Å²) >= 11 is 13.3. The summed E-state index contributed by atoms with van der Waals surface area (Å²) in [6.45, 7) is -0.0997. The van der Waals surface area contributed by atoms with Crippen molar-refractivity contribution in [3.8, 4) is 0 Å². The molecule has 0 aliphatic carbocycles. The average molecular weight is 431 g/mol. The largest absolute Gasteiger partial charge is 0.456 e. The van der Waals surface area contributed by atoms with E-state index in [-0.39, 0.29) is 12.2 Å². The molecule has 0 radical (unpaired) electrons. The Hall–Kier alpha value is -2.67. The maximum atomic E-state index is 12.4. The molecular weight excluding hydrogens is 419 g/mol. The molecule has 2 heterocycles. The second-order valence-electron chi connectivity index (χ2n) is 5.88.